The smallest absolute Gasteiger partial charge is 0.324 e. The van der Waals surface area contributed by atoms with Crippen LogP contribution in [-0.4, -0.2) is 33.6 Å². The minimum atomic E-state index is -3.86. The lowest BCUT2D eigenvalue weighted by molar-refractivity contribution is -0.147. The Balaban J connectivity index is 1.89. The standard InChI is InChI=1S/C21H24FNO5S/c1-16(2)20(23-29(25,26)15-12-17-8-4-3-5-9-17)21(24)28-14-13-27-19-11-7-6-10-18(19)22/h3-12,15-16,20,23H,13-14H2,1-2H3/b15-12+. The second-order valence-corrected chi connectivity index (χ2v) is 8.14. The predicted octanol–water partition coefficient (Wildman–Crippen LogP) is 3.36. The highest BCUT2D eigenvalue weighted by Gasteiger charge is 2.27. The summed E-state index contributed by atoms with van der Waals surface area (Å²) in [5.41, 5.74) is 0.715. The molecule has 0 bridgehead atoms. The zero-order valence-electron chi connectivity index (χ0n) is 16.2. The summed E-state index contributed by atoms with van der Waals surface area (Å²) in [5, 5.41) is 1.01. The van der Waals surface area contributed by atoms with Crippen molar-refractivity contribution < 1.29 is 27.1 Å². The fourth-order valence-corrected chi connectivity index (χ4v) is 3.49. The summed E-state index contributed by atoms with van der Waals surface area (Å²) < 4.78 is 50.7. The number of ether oxygens (including phenoxy) is 2. The molecule has 0 aliphatic rings. The maximum Gasteiger partial charge on any atom is 0.324 e. The van der Waals surface area contributed by atoms with Crippen molar-refractivity contribution in [2.45, 2.75) is 19.9 Å². The van der Waals surface area contributed by atoms with Gasteiger partial charge in [0.2, 0.25) is 10.0 Å². The van der Waals surface area contributed by atoms with E-state index in [2.05, 4.69) is 4.72 Å². The van der Waals surface area contributed by atoms with Gasteiger partial charge >= 0.3 is 5.97 Å². The molecule has 1 N–H and O–H groups in total. The quantitative estimate of drug-likeness (QED) is 0.470. The topological polar surface area (TPSA) is 81.7 Å². The van der Waals surface area contributed by atoms with Crippen molar-refractivity contribution in [1.29, 1.82) is 0 Å². The molecule has 0 saturated heterocycles. The third-order valence-corrected chi connectivity index (χ3v) is 4.95. The minimum absolute atomic E-state index is 0.0516. The molecule has 0 heterocycles. The van der Waals surface area contributed by atoms with E-state index in [9.17, 15) is 17.6 Å². The van der Waals surface area contributed by atoms with Gasteiger partial charge in [-0.3, -0.25) is 4.79 Å². The van der Waals surface area contributed by atoms with Gasteiger partial charge < -0.3 is 9.47 Å². The first-order chi connectivity index (χ1) is 13.8. The fraction of sp³-hybridized carbons (Fsp3) is 0.286. The highest BCUT2D eigenvalue weighted by Crippen LogP contribution is 2.15. The predicted molar refractivity (Wildman–Crippen MR) is 109 cm³/mol. The van der Waals surface area contributed by atoms with E-state index >= 15 is 0 Å². The summed E-state index contributed by atoms with van der Waals surface area (Å²) in [5.74, 6) is -1.53. The van der Waals surface area contributed by atoms with Crippen LogP contribution in [0.25, 0.3) is 6.08 Å². The number of benzene rings is 2. The fourth-order valence-electron chi connectivity index (χ4n) is 2.35. The molecule has 0 fully saturated rings. The second-order valence-electron chi connectivity index (χ2n) is 6.54. The molecule has 1 atom stereocenters. The van der Waals surface area contributed by atoms with E-state index in [-0.39, 0.29) is 24.9 Å². The average Bonchev–Trinajstić information content (AvgIpc) is 2.70. The second kappa shape index (κ2) is 10.7. The van der Waals surface area contributed by atoms with Crippen molar-refractivity contribution in [3.63, 3.8) is 0 Å². The highest BCUT2D eigenvalue weighted by atomic mass is 32.2. The molecule has 6 nitrogen and oxygen atoms in total. The van der Waals surface area contributed by atoms with Crippen molar-refractivity contribution in [2.75, 3.05) is 13.2 Å². The van der Waals surface area contributed by atoms with Gasteiger partial charge in [-0.25, -0.2) is 12.8 Å². The van der Waals surface area contributed by atoms with Crippen LogP contribution >= 0.6 is 0 Å². The maximum atomic E-state index is 13.5. The molecule has 8 heteroatoms. The van der Waals surface area contributed by atoms with Crippen LogP contribution in [0.4, 0.5) is 4.39 Å². The van der Waals surface area contributed by atoms with E-state index in [1.165, 1.54) is 24.3 Å². The van der Waals surface area contributed by atoms with Crippen LogP contribution in [0.5, 0.6) is 5.75 Å². The van der Waals surface area contributed by atoms with Crippen molar-refractivity contribution in [1.82, 2.24) is 4.72 Å². The Hall–Kier alpha value is -2.71. The van der Waals surface area contributed by atoms with Gasteiger partial charge in [0.15, 0.2) is 11.6 Å². The zero-order chi connectivity index (χ0) is 21.3. The Bertz CT molecular complexity index is 929. The SMILES string of the molecule is CC(C)C(NS(=O)(=O)/C=C/c1ccccc1)C(=O)OCCOc1ccccc1F. The number of carbonyl (C=O) groups is 1. The highest BCUT2D eigenvalue weighted by molar-refractivity contribution is 7.92. The summed E-state index contributed by atoms with van der Waals surface area (Å²) in [7, 11) is -3.86. The first-order valence-corrected chi connectivity index (χ1v) is 10.6. The summed E-state index contributed by atoms with van der Waals surface area (Å²) in [6, 6.07) is 13.7. The lowest BCUT2D eigenvalue weighted by Crippen LogP contribution is -2.44. The number of rotatable bonds is 10. The van der Waals surface area contributed by atoms with Gasteiger partial charge in [0.1, 0.15) is 19.3 Å². The van der Waals surface area contributed by atoms with Crippen molar-refractivity contribution in [2.24, 2.45) is 5.92 Å². The first kappa shape index (κ1) is 22.6. The van der Waals surface area contributed by atoms with Crippen LogP contribution in [0, 0.1) is 11.7 Å². The number of hydrogen-bond donors (Lipinski definition) is 1. The van der Waals surface area contributed by atoms with E-state index in [0.29, 0.717) is 5.56 Å². The number of sulfonamides is 1. The molecule has 29 heavy (non-hydrogen) atoms. The van der Waals surface area contributed by atoms with Crippen LogP contribution in [0.1, 0.15) is 19.4 Å². The van der Waals surface area contributed by atoms with Gasteiger partial charge in [0.25, 0.3) is 0 Å². The molecule has 2 rings (SSSR count). The van der Waals surface area contributed by atoms with Crippen molar-refractivity contribution >= 4 is 22.1 Å². The van der Waals surface area contributed by atoms with Gasteiger partial charge in [0.05, 0.1) is 0 Å². The Kier molecular flexibility index (Phi) is 8.35. The molecular weight excluding hydrogens is 397 g/mol. The minimum Gasteiger partial charge on any atom is -0.487 e. The van der Waals surface area contributed by atoms with Crippen molar-refractivity contribution in [3.05, 3.63) is 71.4 Å². The third kappa shape index (κ3) is 7.67. The normalized spacial score (nSPS) is 12.8. The Labute approximate surface area is 170 Å². The lowest BCUT2D eigenvalue weighted by atomic mass is 10.1. The van der Waals surface area contributed by atoms with Gasteiger partial charge in [-0.2, -0.15) is 4.72 Å². The largest absolute Gasteiger partial charge is 0.487 e. The Morgan fingerprint density at radius 3 is 2.38 bits per heavy atom. The van der Waals surface area contributed by atoms with Gasteiger partial charge in [-0.05, 0) is 29.7 Å². The molecule has 156 valence electrons. The van der Waals surface area contributed by atoms with Crippen LogP contribution in [0.2, 0.25) is 0 Å². The van der Waals surface area contributed by atoms with Crippen LogP contribution in [0.3, 0.4) is 0 Å². The Morgan fingerprint density at radius 2 is 1.72 bits per heavy atom. The summed E-state index contributed by atoms with van der Waals surface area (Å²) in [6.45, 7) is 3.20. The molecule has 1 unspecified atom stereocenters. The molecule has 0 aromatic heterocycles. The Morgan fingerprint density at radius 1 is 1.07 bits per heavy atom. The number of halogens is 1. The summed E-state index contributed by atoms with van der Waals surface area (Å²) in [4.78, 5) is 12.3. The molecule has 2 aromatic carbocycles. The average molecular weight is 421 g/mol. The number of nitrogens with one attached hydrogen (secondary N) is 1. The monoisotopic (exact) mass is 421 g/mol. The maximum absolute atomic E-state index is 13.5. The van der Waals surface area contributed by atoms with Crippen LogP contribution < -0.4 is 9.46 Å². The molecule has 0 aliphatic heterocycles. The summed E-state index contributed by atoms with van der Waals surface area (Å²) >= 11 is 0. The first-order valence-electron chi connectivity index (χ1n) is 9.08. The molecule has 2 aromatic rings. The molecular formula is C21H24FNO5S. The van der Waals surface area contributed by atoms with E-state index < -0.39 is 27.9 Å². The lowest BCUT2D eigenvalue weighted by Gasteiger charge is -2.20. The van der Waals surface area contributed by atoms with Crippen LogP contribution in [0.15, 0.2) is 60.0 Å². The molecule has 0 radical (unpaired) electrons. The third-order valence-electron chi connectivity index (χ3n) is 3.87. The zero-order valence-corrected chi connectivity index (χ0v) is 17.1. The molecule has 0 aliphatic carbocycles. The molecule has 0 saturated carbocycles. The van der Waals surface area contributed by atoms with Crippen LogP contribution in [-0.2, 0) is 19.6 Å². The van der Waals surface area contributed by atoms with Crippen molar-refractivity contribution in [3.8, 4) is 5.75 Å². The number of carbonyl (C=O) groups excluding carboxylic acids is 1. The van der Waals surface area contributed by atoms with Gasteiger partial charge in [-0.15, -0.1) is 0 Å². The van der Waals surface area contributed by atoms with Gasteiger partial charge in [-0.1, -0.05) is 56.3 Å². The van der Waals surface area contributed by atoms with E-state index in [1.54, 1.807) is 44.2 Å². The summed E-state index contributed by atoms with van der Waals surface area (Å²) in [6.07, 6.45) is 1.44. The van der Waals surface area contributed by atoms with E-state index in [1.807, 2.05) is 6.07 Å². The van der Waals surface area contributed by atoms with Gasteiger partial charge in [0, 0.05) is 5.41 Å². The number of esters is 1. The molecule has 0 spiro atoms. The number of para-hydroxylation sites is 1. The molecule has 0 amide bonds. The van der Waals surface area contributed by atoms with E-state index in [4.69, 9.17) is 9.47 Å². The number of hydrogen-bond acceptors (Lipinski definition) is 5. The van der Waals surface area contributed by atoms with E-state index in [0.717, 1.165) is 5.41 Å².